The topological polar surface area (TPSA) is 105 Å². The number of carbonyl (C=O) groups is 1. The van der Waals surface area contributed by atoms with Crippen LogP contribution in [0.3, 0.4) is 0 Å². The molecular formula is C34H66O7. The molecule has 1 saturated heterocycles. The summed E-state index contributed by atoms with van der Waals surface area (Å²) in [6, 6.07) is 0. The van der Waals surface area contributed by atoms with Crippen LogP contribution in [-0.2, 0) is 19.0 Å². The van der Waals surface area contributed by atoms with Crippen molar-refractivity contribution in [2.45, 2.75) is 199 Å². The molecule has 0 aromatic heterocycles. The summed E-state index contributed by atoms with van der Waals surface area (Å²) in [6.45, 7) is 5.11. The fraction of sp³-hybridized carbons (Fsp3) is 0.971. The van der Waals surface area contributed by atoms with E-state index in [2.05, 4.69) is 13.8 Å². The monoisotopic (exact) mass is 586 g/mol. The average Bonchev–Trinajstić information content (AvgIpc) is 2.97. The van der Waals surface area contributed by atoms with Crippen LogP contribution >= 0.6 is 0 Å². The smallest absolute Gasteiger partial charge is 0.338 e. The van der Waals surface area contributed by atoms with E-state index in [1.54, 1.807) is 0 Å². The predicted molar refractivity (Wildman–Crippen MR) is 166 cm³/mol. The highest BCUT2D eigenvalue weighted by molar-refractivity contribution is 5.75. The van der Waals surface area contributed by atoms with Gasteiger partial charge in [0.2, 0.25) is 0 Å². The number of aliphatic hydroxyl groups is 3. The molecule has 0 spiro atoms. The van der Waals surface area contributed by atoms with Crippen LogP contribution in [0.5, 0.6) is 0 Å². The van der Waals surface area contributed by atoms with E-state index < -0.39 is 36.7 Å². The minimum atomic E-state index is -1.55. The van der Waals surface area contributed by atoms with Gasteiger partial charge in [0.05, 0.1) is 6.61 Å². The molecule has 1 rings (SSSR count). The number of hydrogen-bond donors (Lipinski definition) is 3. The Balaban J connectivity index is 2.09. The molecule has 41 heavy (non-hydrogen) atoms. The zero-order valence-corrected chi connectivity index (χ0v) is 26.7. The molecule has 0 aromatic rings. The minimum Gasteiger partial charge on any atom is -0.464 e. The van der Waals surface area contributed by atoms with Gasteiger partial charge in [-0.25, -0.2) is 4.79 Å². The van der Waals surface area contributed by atoms with Crippen LogP contribution in [0.2, 0.25) is 0 Å². The largest absolute Gasteiger partial charge is 0.464 e. The molecule has 0 saturated carbocycles. The minimum absolute atomic E-state index is 0.256. The molecule has 0 unspecified atom stereocenters. The Labute approximate surface area is 252 Å². The molecule has 0 aliphatic carbocycles. The highest BCUT2D eigenvalue weighted by Crippen LogP contribution is 2.24. The van der Waals surface area contributed by atoms with Crippen LogP contribution in [0.1, 0.15) is 168 Å². The zero-order valence-electron chi connectivity index (χ0n) is 26.7. The Morgan fingerprint density at radius 2 is 0.878 bits per heavy atom. The van der Waals surface area contributed by atoms with Crippen molar-refractivity contribution in [2.24, 2.45) is 0 Å². The van der Waals surface area contributed by atoms with Gasteiger partial charge >= 0.3 is 5.97 Å². The fourth-order valence-electron chi connectivity index (χ4n) is 5.52. The van der Waals surface area contributed by atoms with E-state index in [0.29, 0.717) is 6.61 Å². The van der Waals surface area contributed by atoms with Crippen LogP contribution in [0.25, 0.3) is 0 Å². The number of rotatable bonds is 28. The number of hydrogen-bond acceptors (Lipinski definition) is 7. The molecule has 1 aliphatic rings. The molecule has 5 atom stereocenters. The summed E-state index contributed by atoms with van der Waals surface area (Å²) in [4.78, 5) is 12.5. The summed E-state index contributed by atoms with van der Waals surface area (Å²) >= 11 is 0. The maximum Gasteiger partial charge on any atom is 0.338 e. The summed E-state index contributed by atoms with van der Waals surface area (Å²) in [5.41, 5.74) is 0. The Morgan fingerprint density at radius 1 is 0.512 bits per heavy atom. The maximum absolute atomic E-state index is 12.5. The summed E-state index contributed by atoms with van der Waals surface area (Å²) in [5.74, 6) is -0.717. The molecule has 0 radical (unpaired) electrons. The van der Waals surface area contributed by atoms with Gasteiger partial charge in [-0.3, -0.25) is 0 Å². The van der Waals surface area contributed by atoms with Crippen molar-refractivity contribution in [3.8, 4) is 0 Å². The molecule has 7 heteroatoms. The Bertz CT molecular complexity index is 587. The second kappa shape index (κ2) is 26.9. The molecule has 0 bridgehead atoms. The van der Waals surface area contributed by atoms with Gasteiger partial charge < -0.3 is 29.5 Å². The molecule has 0 aromatic carbocycles. The molecule has 0 amide bonds. The van der Waals surface area contributed by atoms with E-state index in [9.17, 15) is 20.1 Å². The molecule has 7 nitrogen and oxygen atoms in total. The molecule has 1 aliphatic heterocycles. The van der Waals surface area contributed by atoms with Gasteiger partial charge in [0.25, 0.3) is 0 Å². The highest BCUT2D eigenvalue weighted by atomic mass is 16.7. The van der Waals surface area contributed by atoms with Crippen LogP contribution in [0.15, 0.2) is 0 Å². The third-order valence-corrected chi connectivity index (χ3v) is 8.32. The standard InChI is InChI=1S/C34H66O7/c1-3-5-7-9-11-13-15-17-19-21-23-25-27-39-33(38)32-30(36)29(35)31(37)34(41-32)40-28-26-24-22-20-18-16-14-12-10-8-6-4-2/h29-32,34-37H,3-28H2,1-2H3/t29-,30-,31+,32-,34-/m0/s1. The summed E-state index contributed by atoms with van der Waals surface area (Å²) in [6.07, 6.45) is 22.5. The van der Waals surface area contributed by atoms with E-state index in [1.165, 1.54) is 116 Å². The number of esters is 1. The van der Waals surface area contributed by atoms with Crippen LogP contribution < -0.4 is 0 Å². The second-order valence-electron chi connectivity index (χ2n) is 12.2. The lowest BCUT2D eigenvalue weighted by Gasteiger charge is -2.39. The molecular weight excluding hydrogens is 520 g/mol. The summed E-state index contributed by atoms with van der Waals surface area (Å²) in [7, 11) is 0. The van der Waals surface area contributed by atoms with Crippen molar-refractivity contribution < 1.29 is 34.3 Å². The summed E-state index contributed by atoms with van der Waals surface area (Å²) in [5, 5.41) is 30.8. The summed E-state index contributed by atoms with van der Waals surface area (Å²) < 4.78 is 16.5. The van der Waals surface area contributed by atoms with Crippen molar-refractivity contribution in [3.63, 3.8) is 0 Å². The Morgan fingerprint density at radius 3 is 1.29 bits per heavy atom. The van der Waals surface area contributed by atoms with Crippen molar-refractivity contribution in [2.75, 3.05) is 13.2 Å². The third kappa shape index (κ3) is 19.2. The third-order valence-electron chi connectivity index (χ3n) is 8.32. The Kier molecular flexibility index (Phi) is 25.1. The van der Waals surface area contributed by atoms with E-state index in [4.69, 9.17) is 14.2 Å². The number of carbonyl (C=O) groups excluding carboxylic acids is 1. The quantitative estimate of drug-likeness (QED) is 0.0635. The first-order chi connectivity index (χ1) is 20.0. The van der Waals surface area contributed by atoms with Crippen LogP contribution in [-0.4, -0.2) is 65.2 Å². The number of ether oxygens (including phenoxy) is 3. The van der Waals surface area contributed by atoms with Crippen LogP contribution in [0, 0.1) is 0 Å². The molecule has 244 valence electrons. The first kappa shape index (κ1) is 38.3. The van der Waals surface area contributed by atoms with Gasteiger partial charge in [-0.2, -0.15) is 0 Å². The fourth-order valence-corrected chi connectivity index (χ4v) is 5.52. The zero-order chi connectivity index (χ0) is 30.0. The SMILES string of the molecule is CCCCCCCCCCCCCCOC(=O)[C@H]1O[C@H](OCCCCCCCCCCCCCC)[C@H](O)[C@@H](O)[C@@H]1O. The van der Waals surface area contributed by atoms with E-state index in [1.807, 2.05) is 0 Å². The maximum atomic E-state index is 12.5. The normalized spacial score (nSPS) is 22.7. The van der Waals surface area contributed by atoms with Crippen molar-refractivity contribution in [3.05, 3.63) is 0 Å². The average molecular weight is 587 g/mol. The van der Waals surface area contributed by atoms with Gasteiger partial charge in [0, 0.05) is 6.61 Å². The van der Waals surface area contributed by atoms with E-state index >= 15 is 0 Å². The van der Waals surface area contributed by atoms with Crippen molar-refractivity contribution >= 4 is 5.97 Å². The first-order valence-corrected chi connectivity index (χ1v) is 17.5. The van der Waals surface area contributed by atoms with Gasteiger partial charge in [-0.05, 0) is 12.8 Å². The molecule has 1 fully saturated rings. The van der Waals surface area contributed by atoms with Gasteiger partial charge in [-0.1, -0.05) is 155 Å². The van der Waals surface area contributed by atoms with Crippen molar-refractivity contribution in [1.29, 1.82) is 0 Å². The number of unbranched alkanes of at least 4 members (excludes halogenated alkanes) is 22. The van der Waals surface area contributed by atoms with E-state index in [0.717, 1.165) is 38.5 Å². The van der Waals surface area contributed by atoms with Gasteiger partial charge in [-0.15, -0.1) is 0 Å². The van der Waals surface area contributed by atoms with Gasteiger partial charge in [0.1, 0.15) is 18.3 Å². The molecule has 3 N–H and O–H groups in total. The van der Waals surface area contributed by atoms with Crippen LogP contribution in [0.4, 0.5) is 0 Å². The number of aliphatic hydroxyl groups excluding tert-OH is 3. The highest BCUT2D eigenvalue weighted by Gasteiger charge is 2.48. The van der Waals surface area contributed by atoms with E-state index in [-0.39, 0.29) is 6.61 Å². The van der Waals surface area contributed by atoms with Gasteiger partial charge in [0.15, 0.2) is 12.4 Å². The predicted octanol–water partition coefficient (Wildman–Crippen LogP) is 7.76. The lowest BCUT2D eigenvalue weighted by Crippen LogP contribution is -2.60. The lowest BCUT2D eigenvalue weighted by atomic mass is 9.99. The Hall–Kier alpha value is -0.730. The lowest BCUT2D eigenvalue weighted by molar-refractivity contribution is -0.295. The second-order valence-corrected chi connectivity index (χ2v) is 12.2. The van der Waals surface area contributed by atoms with Crippen molar-refractivity contribution in [1.82, 2.24) is 0 Å². The molecule has 1 heterocycles. The first-order valence-electron chi connectivity index (χ1n) is 17.5.